The predicted molar refractivity (Wildman–Crippen MR) is 98.7 cm³/mol. The van der Waals surface area contributed by atoms with Gasteiger partial charge in [-0.2, -0.15) is 0 Å². The van der Waals surface area contributed by atoms with E-state index in [1.54, 1.807) is 34.1 Å². The van der Waals surface area contributed by atoms with Crippen LogP contribution in [0.4, 0.5) is 10.5 Å². The number of carbonyl (C=O) groups excluding carboxylic acids is 2. The van der Waals surface area contributed by atoms with Crippen LogP contribution in [-0.4, -0.2) is 63.7 Å². The first kappa shape index (κ1) is 18.7. The predicted octanol–water partition coefficient (Wildman–Crippen LogP) is 0.760. The fourth-order valence-corrected chi connectivity index (χ4v) is 3.89. The summed E-state index contributed by atoms with van der Waals surface area (Å²) >= 11 is 0. The first-order valence-electron chi connectivity index (χ1n) is 8.76. The van der Waals surface area contributed by atoms with Crippen molar-refractivity contribution in [2.24, 2.45) is 0 Å². The lowest BCUT2D eigenvalue weighted by molar-refractivity contribution is 0.0619. The zero-order chi connectivity index (χ0) is 18.7. The molecule has 3 amide bonds. The van der Waals surface area contributed by atoms with Crippen molar-refractivity contribution >= 4 is 27.6 Å². The summed E-state index contributed by atoms with van der Waals surface area (Å²) in [6.45, 7) is 2.07. The molecule has 0 radical (unpaired) electrons. The summed E-state index contributed by atoms with van der Waals surface area (Å²) in [5.74, 6) is -0.109. The van der Waals surface area contributed by atoms with Crippen molar-refractivity contribution in [3.63, 3.8) is 0 Å². The Balaban J connectivity index is 1.71. The number of rotatable bonds is 5. The lowest BCUT2D eigenvalue weighted by Gasteiger charge is -2.36. The molecule has 0 aliphatic carbocycles. The van der Waals surface area contributed by atoms with Crippen LogP contribution in [0.1, 0.15) is 29.6 Å². The van der Waals surface area contributed by atoms with Crippen LogP contribution in [0.5, 0.6) is 0 Å². The van der Waals surface area contributed by atoms with Gasteiger partial charge in [-0.15, -0.1) is 0 Å². The summed E-state index contributed by atoms with van der Waals surface area (Å²) in [4.78, 5) is 28.0. The van der Waals surface area contributed by atoms with E-state index in [0.717, 1.165) is 31.2 Å². The third-order valence-electron chi connectivity index (χ3n) is 4.75. The number of likely N-dealkylation sites (tertiary alicyclic amines) is 1. The Labute approximate surface area is 153 Å². The molecule has 142 valence electrons. The molecule has 2 aliphatic heterocycles. The Kier molecular flexibility index (Phi) is 5.47. The standard InChI is InChI=1S/C17H24N4O4S/c1-26(24,25)19-12-15-4-2-3-10-20(15)16(22)13-5-7-14(8-6-13)21-11-9-18-17(21)23/h5-8,15,19H,2-4,9-12H2,1H3,(H,18,23)/t15-/m1/s1. The van der Waals surface area contributed by atoms with E-state index in [1.807, 2.05) is 0 Å². The molecule has 8 nitrogen and oxygen atoms in total. The number of urea groups is 1. The molecule has 2 fully saturated rings. The van der Waals surface area contributed by atoms with Gasteiger partial charge in [-0.25, -0.2) is 17.9 Å². The van der Waals surface area contributed by atoms with Crippen molar-refractivity contribution in [2.45, 2.75) is 25.3 Å². The van der Waals surface area contributed by atoms with Crippen LogP contribution < -0.4 is 14.9 Å². The Morgan fingerprint density at radius 3 is 2.58 bits per heavy atom. The Morgan fingerprint density at radius 1 is 1.23 bits per heavy atom. The fourth-order valence-electron chi connectivity index (χ4n) is 3.40. The highest BCUT2D eigenvalue weighted by molar-refractivity contribution is 7.88. The summed E-state index contributed by atoms with van der Waals surface area (Å²) in [7, 11) is -3.29. The van der Waals surface area contributed by atoms with E-state index in [-0.39, 0.29) is 24.5 Å². The lowest BCUT2D eigenvalue weighted by atomic mass is 10.0. The fraction of sp³-hybridized carbons (Fsp3) is 0.529. The number of nitrogens with one attached hydrogen (secondary N) is 2. The maximum absolute atomic E-state index is 12.9. The van der Waals surface area contributed by atoms with Crippen LogP contribution in [0.15, 0.2) is 24.3 Å². The van der Waals surface area contributed by atoms with Gasteiger partial charge < -0.3 is 10.2 Å². The molecule has 2 N–H and O–H groups in total. The van der Waals surface area contributed by atoms with Gasteiger partial charge in [0, 0.05) is 43.5 Å². The second kappa shape index (κ2) is 7.63. The first-order chi connectivity index (χ1) is 12.3. The molecule has 0 spiro atoms. The number of amides is 3. The van der Waals surface area contributed by atoms with Gasteiger partial charge in [-0.05, 0) is 43.5 Å². The zero-order valence-electron chi connectivity index (χ0n) is 14.8. The molecule has 0 bridgehead atoms. The normalized spacial score (nSPS) is 21.0. The number of hydrogen-bond acceptors (Lipinski definition) is 4. The lowest BCUT2D eigenvalue weighted by Crippen LogP contribution is -2.49. The van der Waals surface area contributed by atoms with Crippen LogP contribution in [0.3, 0.4) is 0 Å². The highest BCUT2D eigenvalue weighted by Crippen LogP contribution is 2.22. The van der Waals surface area contributed by atoms with Gasteiger partial charge in [0.2, 0.25) is 10.0 Å². The molecule has 3 rings (SSSR count). The van der Waals surface area contributed by atoms with Crippen LogP contribution in [0, 0.1) is 0 Å². The summed E-state index contributed by atoms with van der Waals surface area (Å²) in [6, 6.07) is 6.71. The van der Waals surface area contributed by atoms with E-state index in [0.29, 0.717) is 25.2 Å². The number of benzene rings is 1. The van der Waals surface area contributed by atoms with Crippen molar-refractivity contribution < 1.29 is 18.0 Å². The molecule has 1 atom stereocenters. The molecule has 1 aromatic rings. The van der Waals surface area contributed by atoms with E-state index in [4.69, 9.17) is 0 Å². The Morgan fingerprint density at radius 2 is 1.96 bits per heavy atom. The molecule has 0 unspecified atom stereocenters. The minimum absolute atomic E-state index is 0.109. The van der Waals surface area contributed by atoms with Crippen LogP contribution in [-0.2, 0) is 10.0 Å². The molecule has 2 heterocycles. The largest absolute Gasteiger partial charge is 0.336 e. The second-order valence-electron chi connectivity index (χ2n) is 6.70. The van der Waals surface area contributed by atoms with Crippen LogP contribution in [0.25, 0.3) is 0 Å². The maximum Gasteiger partial charge on any atom is 0.321 e. The third-order valence-corrected chi connectivity index (χ3v) is 5.44. The summed E-state index contributed by atoms with van der Waals surface area (Å²) < 4.78 is 25.2. The average Bonchev–Trinajstić information content (AvgIpc) is 3.05. The Hall–Kier alpha value is -2.13. The smallest absolute Gasteiger partial charge is 0.321 e. The minimum Gasteiger partial charge on any atom is -0.336 e. The third kappa shape index (κ3) is 4.34. The first-order valence-corrected chi connectivity index (χ1v) is 10.7. The van der Waals surface area contributed by atoms with Crippen LogP contribution >= 0.6 is 0 Å². The van der Waals surface area contributed by atoms with Crippen LogP contribution in [0.2, 0.25) is 0 Å². The molecular weight excluding hydrogens is 356 g/mol. The number of piperidine rings is 1. The highest BCUT2D eigenvalue weighted by Gasteiger charge is 2.28. The van der Waals surface area contributed by atoms with E-state index >= 15 is 0 Å². The van der Waals surface area contributed by atoms with Crippen molar-refractivity contribution in [3.05, 3.63) is 29.8 Å². The van der Waals surface area contributed by atoms with E-state index in [2.05, 4.69) is 10.0 Å². The number of anilines is 1. The average molecular weight is 380 g/mol. The number of nitrogens with zero attached hydrogens (tertiary/aromatic N) is 2. The number of hydrogen-bond donors (Lipinski definition) is 2. The van der Waals surface area contributed by atoms with Crippen molar-refractivity contribution in [2.75, 3.05) is 37.3 Å². The SMILES string of the molecule is CS(=O)(=O)NC[C@H]1CCCCN1C(=O)c1ccc(N2CCNC2=O)cc1. The van der Waals surface area contributed by atoms with E-state index in [9.17, 15) is 18.0 Å². The molecule has 1 aromatic carbocycles. The molecular formula is C17H24N4O4S. The molecule has 2 saturated heterocycles. The maximum atomic E-state index is 12.9. The summed E-state index contributed by atoms with van der Waals surface area (Å²) in [6.07, 6.45) is 3.78. The Bertz CT molecular complexity index is 778. The van der Waals surface area contributed by atoms with Gasteiger partial charge in [-0.1, -0.05) is 0 Å². The van der Waals surface area contributed by atoms with Crippen molar-refractivity contribution in [3.8, 4) is 0 Å². The molecule has 9 heteroatoms. The van der Waals surface area contributed by atoms with Gasteiger partial charge in [0.25, 0.3) is 5.91 Å². The zero-order valence-corrected chi connectivity index (χ0v) is 15.6. The van der Waals surface area contributed by atoms with E-state index < -0.39 is 10.0 Å². The molecule has 26 heavy (non-hydrogen) atoms. The molecule has 2 aliphatic rings. The number of carbonyl (C=O) groups is 2. The monoisotopic (exact) mass is 380 g/mol. The van der Waals surface area contributed by atoms with Gasteiger partial charge in [0.15, 0.2) is 0 Å². The molecule has 0 saturated carbocycles. The summed E-state index contributed by atoms with van der Waals surface area (Å²) in [5.41, 5.74) is 1.30. The van der Waals surface area contributed by atoms with Gasteiger partial charge in [0.05, 0.1) is 6.26 Å². The van der Waals surface area contributed by atoms with Gasteiger partial charge in [-0.3, -0.25) is 9.69 Å². The molecule has 0 aromatic heterocycles. The second-order valence-corrected chi connectivity index (χ2v) is 8.53. The van der Waals surface area contributed by atoms with Gasteiger partial charge >= 0.3 is 6.03 Å². The highest BCUT2D eigenvalue weighted by atomic mass is 32.2. The minimum atomic E-state index is -3.29. The topological polar surface area (TPSA) is 98.8 Å². The quantitative estimate of drug-likeness (QED) is 0.788. The van der Waals surface area contributed by atoms with Gasteiger partial charge in [0.1, 0.15) is 0 Å². The number of sulfonamides is 1. The van der Waals surface area contributed by atoms with Crippen molar-refractivity contribution in [1.82, 2.24) is 14.9 Å². The summed E-state index contributed by atoms with van der Waals surface area (Å²) in [5, 5.41) is 2.74. The van der Waals surface area contributed by atoms with Crippen molar-refractivity contribution in [1.29, 1.82) is 0 Å². The van der Waals surface area contributed by atoms with E-state index in [1.165, 1.54) is 0 Å².